The third kappa shape index (κ3) is 5.33. The summed E-state index contributed by atoms with van der Waals surface area (Å²) >= 11 is 1.20. The summed E-state index contributed by atoms with van der Waals surface area (Å²) in [6.07, 6.45) is 1.07. The van der Waals surface area contributed by atoms with Gasteiger partial charge in [-0.15, -0.1) is 10.2 Å². The fraction of sp³-hybridized carbons (Fsp3) is 0.250. The van der Waals surface area contributed by atoms with Crippen molar-refractivity contribution in [1.29, 1.82) is 0 Å². The average Bonchev–Trinajstić information content (AvgIpc) is 3.13. The van der Waals surface area contributed by atoms with Gasteiger partial charge in [-0.1, -0.05) is 17.4 Å². The van der Waals surface area contributed by atoms with Gasteiger partial charge in [0.25, 0.3) is 0 Å². The Balaban J connectivity index is 1.75. The minimum Gasteiger partial charge on any atom is -0.497 e. The second-order valence-corrected chi connectivity index (χ2v) is 9.69. The Hall–Kier alpha value is -2.98. The number of carbonyl (C=O) groups is 1. The van der Waals surface area contributed by atoms with Crippen LogP contribution in [0.2, 0.25) is 0 Å². The molecule has 3 aromatic rings. The third-order valence-electron chi connectivity index (χ3n) is 4.19. The lowest BCUT2D eigenvalue weighted by atomic mass is 10.1. The Morgan fingerprint density at radius 2 is 1.73 bits per heavy atom. The van der Waals surface area contributed by atoms with Crippen molar-refractivity contribution in [3.05, 3.63) is 53.6 Å². The second kappa shape index (κ2) is 8.80. The molecule has 30 heavy (non-hydrogen) atoms. The Morgan fingerprint density at radius 3 is 2.30 bits per heavy atom. The molecular formula is C20H22N4O4S2. The second-order valence-electron chi connectivity index (χ2n) is 6.80. The van der Waals surface area contributed by atoms with E-state index in [1.807, 2.05) is 44.2 Å². The molecule has 0 radical (unpaired) electrons. The first kappa shape index (κ1) is 21.7. The fourth-order valence-electron chi connectivity index (χ4n) is 2.91. The number of rotatable bonds is 7. The van der Waals surface area contributed by atoms with Gasteiger partial charge in [0.1, 0.15) is 17.3 Å². The van der Waals surface area contributed by atoms with Crippen molar-refractivity contribution in [1.82, 2.24) is 10.2 Å². The Morgan fingerprint density at radius 1 is 1.10 bits per heavy atom. The molecule has 0 aliphatic heterocycles. The lowest BCUT2D eigenvalue weighted by Gasteiger charge is -2.22. The molecule has 1 aromatic heterocycles. The molecule has 0 unspecified atom stereocenters. The molecule has 1 heterocycles. The van der Waals surface area contributed by atoms with E-state index in [0.717, 1.165) is 33.0 Å². The minimum atomic E-state index is -3.66. The summed E-state index contributed by atoms with van der Waals surface area (Å²) in [7, 11) is -2.07. The van der Waals surface area contributed by atoms with Crippen LogP contribution in [0.4, 0.5) is 10.8 Å². The van der Waals surface area contributed by atoms with Crippen LogP contribution in [0.3, 0.4) is 0 Å². The molecule has 158 valence electrons. The first-order valence-corrected chi connectivity index (χ1v) is 11.7. The topological polar surface area (TPSA) is 101 Å². The van der Waals surface area contributed by atoms with Crippen LogP contribution < -0.4 is 14.4 Å². The van der Waals surface area contributed by atoms with E-state index in [4.69, 9.17) is 4.74 Å². The van der Waals surface area contributed by atoms with E-state index < -0.39 is 15.9 Å². The number of nitrogens with one attached hydrogen (secondary N) is 1. The van der Waals surface area contributed by atoms with E-state index >= 15 is 0 Å². The molecule has 8 nitrogen and oxygen atoms in total. The van der Waals surface area contributed by atoms with Crippen LogP contribution in [0.5, 0.6) is 5.75 Å². The van der Waals surface area contributed by atoms with Crippen LogP contribution in [0.1, 0.15) is 11.1 Å². The van der Waals surface area contributed by atoms with Crippen LogP contribution in [0.25, 0.3) is 10.6 Å². The predicted octanol–water partition coefficient (Wildman–Crippen LogP) is 3.24. The highest BCUT2D eigenvalue weighted by Gasteiger charge is 2.22. The number of hydrogen-bond acceptors (Lipinski definition) is 7. The van der Waals surface area contributed by atoms with Crippen LogP contribution in [0.15, 0.2) is 42.5 Å². The van der Waals surface area contributed by atoms with Crippen LogP contribution in [-0.4, -0.2) is 44.4 Å². The molecule has 3 rings (SSSR count). The highest BCUT2D eigenvalue weighted by Crippen LogP contribution is 2.28. The third-order valence-corrected chi connectivity index (χ3v) is 6.22. The monoisotopic (exact) mass is 446 g/mol. The number of aromatic nitrogens is 2. The Kier molecular flexibility index (Phi) is 6.37. The van der Waals surface area contributed by atoms with Gasteiger partial charge in [-0.25, -0.2) is 8.42 Å². The summed E-state index contributed by atoms with van der Waals surface area (Å²) in [5.41, 5.74) is 3.10. The van der Waals surface area contributed by atoms with Crippen molar-refractivity contribution in [2.45, 2.75) is 13.8 Å². The average molecular weight is 447 g/mol. The van der Waals surface area contributed by atoms with Gasteiger partial charge in [-0.05, 0) is 61.4 Å². The lowest BCUT2D eigenvalue weighted by molar-refractivity contribution is -0.114. The molecule has 1 N–H and O–H groups in total. The number of carbonyl (C=O) groups excluding carboxylic acids is 1. The van der Waals surface area contributed by atoms with Crippen molar-refractivity contribution < 1.29 is 17.9 Å². The lowest BCUT2D eigenvalue weighted by Crippen LogP contribution is -2.37. The molecule has 0 aliphatic rings. The fourth-order valence-corrected chi connectivity index (χ4v) is 4.51. The van der Waals surface area contributed by atoms with E-state index in [2.05, 4.69) is 15.5 Å². The van der Waals surface area contributed by atoms with Crippen molar-refractivity contribution in [2.75, 3.05) is 29.5 Å². The van der Waals surface area contributed by atoms with Gasteiger partial charge < -0.3 is 4.74 Å². The highest BCUT2D eigenvalue weighted by atomic mass is 32.2. The SMILES string of the molecule is COc1ccc(-c2nnc(NC(=O)CN(c3cc(C)cc(C)c3)S(C)(=O)=O)s2)cc1. The molecule has 0 atom stereocenters. The number of nitrogens with zero attached hydrogens (tertiary/aromatic N) is 3. The van der Waals surface area contributed by atoms with Gasteiger partial charge in [-0.3, -0.25) is 14.4 Å². The highest BCUT2D eigenvalue weighted by molar-refractivity contribution is 7.92. The van der Waals surface area contributed by atoms with E-state index in [0.29, 0.717) is 15.8 Å². The normalized spacial score (nSPS) is 11.2. The van der Waals surface area contributed by atoms with E-state index in [1.54, 1.807) is 19.2 Å². The molecule has 1 amide bonds. The first-order valence-electron chi connectivity index (χ1n) is 8.99. The predicted molar refractivity (Wildman–Crippen MR) is 119 cm³/mol. The van der Waals surface area contributed by atoms with Gasteiger partial charge >= 0.3 is 0 Å². The van der Waals surface area contributed by atoms with Crippen molar-refractivity contribution in [3.63, 3.8) is 0 Å². The number of amides is 1. The number of benzene rings is 2. The summed E-state index contributed by atoms with van der Waals surface area (Å²) in [5, 5.41) is 11.6. The van der Waals surface area contributed by atoms with Crippen molar-refractivity contribution >= 4 is 38.1 Å². The maximum atomic E-state index is 12.5. The molecule has 0 aliphatic carbocycles. The van der Waals surface area contributed by atoms with Gasteiger partial charge in [0.15, 0.2) is 0 Å². The maximum absolute atomic E-state index is 12.5. The van der Waals surface area contributed by atoms with E-state index in [9.17, 15) is 13.2 Å². The summed E-state index contributed by atoms with van der Waals surface area (Å²) < 4.78 is 30.8. The van der Waals surface area contributed by atoms with Crippen LogP contribution >= 0.6 is 11.3 Å². The van der Waals surface area contributed by atoms with E-state index in [1.165, 1.54) is 11.3 Å². The molecule has 2 aromatic carbocycles. The van der Waals surface area contributed by atoms with Crippen LogP contribution in [-0.2, 0) is 14.8 Å². The first-order chi connectivity index (χ1) is 14.2. The van der Waals surface area contributed by atoms with E-state index in [-0.39, 0.29) is 6.54 Å². The summed E-state index contributed by atoms with van der Waals surface area (Å²) in [5.74, 6) is 0.223. The summed E-state index contributed by atoms with van der Waals surface area (Å²) in [4.78, 5) is 12.5. The van der Waals surface area contributed by atoms with Crippen molar-refractivity contribution in [3.8, 4) is 16.3 Å². The number of anilines is 2. The summed E-state index contributed by atoms with van der Waals surface area (Å²) in [6, 6.07) is 12.7. The zero-order chi connectivity index (χ0) is 21.9. The Labute approximate surface area is 179 Å². The van der Waals surface area contributed by atoms with Gasteiger partial charge in [-0.2, -0.15) is 0 Å². The largest absolute Gasteiger partial charge is 0.497 e. The number of aryl methyl sites for hydroxylation is 2. The molecule has 0 saturated carbocycles. The maximum Gasteiger partial charge on any atom is 0.246 e. The molecule has 0 spiro atoms. The summed E-state index contributed by atoms with van der Waals surface area (Å²) in [6.45, 7) is 3.39. The number of methoxy groups -OCH3 is 1. The number of ether oxygens (including phenoxy) is 1. The molecule has 0 saturated heterocycles. The van der Waals surface area contributed by atoms with Gasteiger partial charge in [0, 0.05) is 5.56 Å². The van der Waals surface area contributed by atoms with Crippen LogP contribution in [0, 0.1) is 13.8 Å². The van der Waals surface area contributed by atoms with Gasteiger partial charge in [0.2, 0.25) is 21.1 Å². The molecule has 0 fully saturated rings. The van der Waals surface area contributed by atoms with Crippen molar-refractivity contribution in [2.24, 2.45) is 0 Å². The molecular weight excluding hydrogens is 424 g/mol. The minimum absolute atomic E-state index is 0.291. The standard InChI is InChI=1S/C20H22N4O4S2/c1-13-9-14(2)11-16(10-13)24(30(4,26)27)12-18(25)21-20-23-22-19(29-20)15-5-7-17(28-3)8-6-15/h5-11H,12H2,1-4H3,(H,21,23,25). The zero-order valence-electron chi connectivity index (χ0n) is 17.0. The number of sulfonamides is 1. The zero-order valence-corrected chi connectivity index (χ0v) is 18.7. The Bertz CT molecular complexity index is 1140. The number of hydrogen-bond donors (Lipinski definition) is 1. The molecule has 10 heteroatoms. The quantitative estimate of drug-likeness (QED) is 0.598. The smallest absolute Gasteiger partial charge is 0.246 e. The molecule has 0 bridgehead atoms. The van der Waals surface area contributed by atoms with Gasteiger partial charge in [0.05, 0.1) is 19.1 Å².